The number of hydrogen-bond acceptors (Lipinski definition) is 3. The van der Waals surface area contributed by atoms with E-state index in [2.05, 4.69) is 34.6 Å². The fraction of sp³-hybridized carbons (Fsp3) is 0.391. The molecular formula is C23H30ClN3O2. The molecule has 2 N–H and O–H groups in total. The third-order valence-electron chi connectivity index (χ3n) is 4.76. The first-order valence-corrected chi connectivity index (χ1v) is 10.4. The Bertz CT molecular complexity index is 796. The zero-order chi connectivity index (χ0) is 21.2. The number of anilines is 1. The molecule has 0 aliphatic carbocycles. The Kier molecular flexibility index (Phi) is 9.00. The molecule has 0 saturated heterocycles. The number of nitrogens with zero attached hydrogens (tertiary/aromatic N) is 1. The van der Waals surface area contributed by atoms with E-state index in [9.17, 15) is 9.59 Å². The van der Waals surface area contributed by atoms with Gasteiger partial charge in [-0.15, -0.1) is 0 Å². The van der Waals surface area contributed by atoms with E-state index in [-0.39, 0.29) is 17.7 Å². The summed E-state index contributed by atoms with van der Waals surface area (Å²) in [7, 11) is 0. The molecule has 0 aliphatic rings. The standard InChI is InChI=1S/C23H30ClN3O2/c1-4-27(18-11-6-5-7-12-18)16-10-15-25-23(29)21(17(2)3)26-22(28)19-13-8-9-14-20(19)24/h5-9,11-14,17,21H,4,10,15-16H2,1-3H3,(H,25,29)(H,26,28)/t21-/m0/s1. The Morgan fingerprint density at radius 1 is 1.03 bits per heavy atom. The van der Waals surface area contributed by atoms with Crippen LogP contribution >= 0.6 is 11.6 Å². The maximum atomic E-state index is 12.6. The van der Waals surface area contributed by atoms with Crippen molar-refractivity contribution in [2.45, 2.75) is 33.2 Å². The van der Waals surface area contributed by atoms with Crippen LogP contribution < -0.4 is 15.5 Å². The van der Waals surface area contributed by atoms with E-state index in [4.69, 9.17) is 11.6 Å². The molecule has 2 aromatic carbocycles. The van der Waals surface area contributed by atoms with Crippen molar-refractivity contribution in [3.8, 4) is 0 Å². The van der Waals surface area contributed by atoms with E-state index in [1.165, 1.54) is 5.69 Å². The Morgan fingerprint density at radius 3 is 2.31 bits per heavy atom. The number of rotatable bonds is 10. The van der Waals surface area contributed by atoms with Crippen molar-refractivity contribution >= 4 is 29.1 Å². The first kappa shape index (κ1) is 22.8. The molecule has 0 heterocycles. The summed E-state index contributed by atoms with van der Waals surface area (Å²) >= 11 is 6.09. The second-order valence-electron chi connectivity index (χ2n) is 7.23. The van der Waals surface area contributed by atoms with Gasteiger partial charge in [-0.05, 0) is 43.5 Å². The summed E-state index contributed by atoms with van der Waals surface area (Å²) in [5.74, 6) is -0.563. The van der Waals surface area contributed by atoms with Gasteiger partial charge in [0.2, 0.25) is 5.91 Å². The number of hydrogen-bond donors (Lipinski definition) is 2. The van der Waals surface area contributed by atoms with Crippen LogP contribution in [0.15, 0.2) is 54.6 Å². The average molecular weight is 416 g/mol. The lowest BCUT2D eigenvalue weighted by Gasteiger charge is -2.24. The van der Waals surface area contributed by atoms with Crippen molar-refractivity contribution in [2.75, 3.05) is 24.5 Å². The summed E-state index contributed by atoms with van der Waals surface area (Å²) in [5.41, 5.74) is 1.54. The third-order valence-corrected chi connectivity index (χ3v) is 5.09. The van der Waals surface area contributed by atoms with Gasteiger partial charge in [-0.25, -0.2) is 0 Å². The fourth-order valence-corrected chi connectivity index (χ4v) is 3.32. The zero-order valence-electron chi connectivity index (χ0n) is 17.3. The van der Waals surface area contributed by atoms with E-state index in [1.54, 1.807) is 24.3 Å². The number of carbonyl (C=O) groups is 2. The van der Waals surface area contributed by atoms with Gasteiger partial charge in [0.1, 0.15) is 6.04 Å². The fourth-order valence-electron chi connectivity index (χ4n) is 3.10. The van der Waals surface area contributed by atoms with Crippen molar-refractivity contribution in [3.63, 3.8) is 0 Å². The number of halogens is 1. The van der Waals surface area contributed by atoms with Crippen LogP contribution in [0.4, 0.5) is 5.69 Å². The highest BCUT2D eigenvalue weighted by atomic mass is 35.5. The molecule has 5 nitrogen and oxygen atoms in total. The summed E-state index contributed by atoms with van der Waals surface area (Å²) in [6.45, 7) is 8.23. The van der Waals surface area contributed by atoms with Crippen LogP contribution in [0.2, 0.25) is 5.02 Å². The molecule has 156 valence electrons. The largest absolute Gasteiger partial charge is 0.372 e. The molecule has 0 unspecified atom stereocenters. The highest BCUT2D eigenvalue weighted by molar-refractivity contribution is 6.33. The molecule has 0 spiro atoms. The molecule has 0 bridgehead atoms. The van der Waals surface area contributed by atoms with Crippen molar-refractivity contribution in [1.29, 1.82) is 0 Å². The van der Waals surface area contributed by atoms with Crippen molar-refractivity contribution in [3.05, 3.63) is 65.2 Å². The predicted octanol–water partition coefficient (Wildman–Crippen LogP) is 4.13. The highest BCUT2D eigenvalue weighted by Crippen LogP contribution is 2.16. The van der Waals surface area contributed by atoms with Gasteiger partial charge in [0.25, 0.3) is 5.91 Å². The minimum atomic E-state index is -0.616. The summed E-state index contributed by atoms with van der Waals surface area (Å²) in [4.78, 5) is 27.4. The van der Waals surface area contributed by atoms with Gasteiger partial charge in [0.05, 0.1) is 10.6 Å². The number of benzene rings is 2. The van der Waals surface area contributed by atoms with Crippen LogP contribution in [0.3, 0.4) is 0 Å². The zero-order valence-corrected chi connectivity index (χ0v) is 18.1. The van der Waals surface area contributed by atoms with Crippen LogP contribution in [0.5, 0.6) is 0 Å². The first-order valence-electron chi connectivity index (χ1n) is 10.1. The minimum absolute atomic E-state index is 0.0436. The lowest BCUT2D eigenvalue weighted by Crippen LogP contribution is -2.50. The Hall–Kier alpha value is -2.53. The number of nitrogens with one attached hydrogen (secondary N) is 2. The van der Waals surface area contributed by atoms with Crippen LogP contribution in [0, 0.1) is 5.92 Å². The summed E-state index contributed by atoms with van der Waals surface area (Å²) < 4.78 is 0. The summed E-state index contributed by atoms with van der Waals surface area (Å²) in [6, 6.07) is 16.4. The molecule has 2 aromatic rings. The Morgan fingerprint density at radius 2 is 1.69 bits per heavy atom. The average Bonchev–Trinajstić information content (AvgIpc) is 2.72. The molecule has 29 heavy (non-hydrogen) atoms. The van der Waals surface area contributed by atoms with Gasteiger partial charge >= 0.3 is 0 Å². The second-order valence-corrected chi connectivity index (χ2v) is 7.64. The van der Waals surface area contributed by atoms with Crippen molar-refractivity contribution < 1.29 is 9.59 Å². The highest BCUT2D eigenvalue weighted by Gasteiger charge is 2.25. The van der Waals surface area contributed by atoms with Crippen LogP contribution in [-0.4, -0.2) is 37.5 Å². The van der Waals surface area contributed by atoms with Gasteiger partial charge in [-0.2, -0.15) is 0 Å². The molecule has 0 fully saturated rings. The topological polar surface area (TPSA) is 61.4 Å². The molecule has 0 radical (unpaired) electrons. The SMILES string of the molecule is CCN(CCCNC(=O)[C@@H](NC(=O)c1ccccc1Cl)C(C)C)c1ccccc1. The molecule has 6 heteroatoms. The molecule has 0 aromatic heterocycles. The van der Waals surface area contributed by atoms with Crippen LogP contribution in [0.25, 0.3) is 0 Å². The van der Waals surface area contributed by atoms with Crippen LogP contribution in [0.1, 0.15) is 37.6 Å². The van der Waals surface area contributed by atoms with E-state index in [0.717, 1.165) is 19.5 Å². The van der Waals surface area contributed by atoms with Gasteiger partial charge in [0, 0.05) is 25.3 Å². The quantitative estimate of drug-likeness (QED) is 0.573. The van der Waals surface area contributed by atoms with Gasteiger partial charge in [-0.1, -0.05) is 55.8 Å². The lowest BCUT2D eigenvalue weighted by atomic mass is 10.0. The van der Waals surface area contributed by atoms with E-state index < -0.39 is 6.04 Å². The molecule has 1 atom stereocenters. The van der Waals surface area contributed by atoms with Gasteiger partial charge in [0.15, 0.2) is 0 Å². The van der Waals surface area contributed by atoms with Gasteiger partial charge in [-0.3, -0.25) is 9.59 Å². The Balaban J connectivity index is 1.86. The maximum Gasteiger partial charge on any atom is 0.253 e. The predicted molar refractivity (Wildman–Crippen MR) is 119 cm³/mol. The number of carbonyl (C=O) groups excluding carboxylic acids is 2. The third kappa shape index (κ3) is 6.79. The number of para-hydroxylation sites is 1. The van der Waals surface area contributed by atoms with Crippen molar-refractivity contribution in [2.24, 2.45) is 5.92 Å². The minimum Gasteiger partial charge on any atom is -0.372 e. The van der Waals surface area contributed by atoms with E-state index in [0.29, 0.717) is 17.1 Å². The molecule has 0 saturated carbocycles. The summed E-state index contributed by atoms with van der Waals surface area (Å²) in [6.07, 6.45) is 0.817. The molecule has 2 rings (SSSR count). The molecule has 0 aliphatic heterocycles. The Labute approximate surface area is 178 Å². The molecular weight excluding hydrogens is 386 g/mol. The smallest absolute Gasteiger partial charge is 0.253 e. The van der Waals surface area contributed by atoms with E-state index >= 15 is 0 Å². The maximum absolute atomic E-state index is 12.6. The van der Waals surface area contributed by atoms with Crippen molar-refractivity contribution in [1.82, 2.24) is 10.6 Å². The first-order chi connectivity index (χ1) is 13.9. The second kappa shape index (κ2) is 11.5. The monoisotopic (exact) mass is 415 g/mol. The van der Waals surface area contributed by atoms with E-state index in [1.807, 2.05) is 32.0 Å². The normalized spacial score (nSPS) is 11.8. The summed E-state index contributed by atoms with van der Waals surface area (Å²) in [5, 5.41) is 6.14. The molecule has 2 amide bonds. The van der Waals surface area contributed by atoms with Crippen LogP contribution in [-0.2, 0) is 4.79 Å². The lowest BCUT2D eigenvalue weighted by molar-refractivity contribution is -0.123. The van der Waals surface area contributed by atoms with Gasteiger partial charge < -0.3 is 15.5 Å². The number of amides is 2.